The molecule has 2 aromatic carbocycles. The Bertz CT molecular complexity index is 732. The van der Waals surface area contributed by atoms with E-state index in [1.807, 2.05) is 30.3 Å². The number of halogens is 3. The second-order valence-corrected chi connectivity index (χ2v) is 5.46. The first-order valence-corrected chi connectivity index (χ1v) is 6.77. The molecule has 0 radical (unpaired) electrons. The molecule has 1 nitrogen and oxygen atoms in total. The van der Waals surface area contributed by atoms with Gasteiger partial charge in [0.2, 0.25) is 0 Å². The summed E-state index contributed by atoms with van der Waals surface area (Å²) in [6.45, 7) is 0. The fourth-order valence-corrected chi connectivity index (χ4v) is 2.85. The van der Waals surface area contributed by atoms with Crippen LogP contribution in [0.25, 0.3) is 10.9 Å². The van der Waals surface area contributed by atoms with Crippen LogP contribution in [0.1, 0.15) is 5.56 Å². The molecule has 3 aromatic rings. The van der Waals surface area contributed by atoms with Gasteiger partial charge in [-0.25, -0.2) is 0 Å². The lowest BCUT2D eigenvalue weighted by atomic mass is 10.1. The lowest BCUT2D eigenvalue weighted by molar-refractivity contribution is -0.137. The van der Waals surface area contributed by atoms with E-state index in [2.05, 4.69) is 4.98 Å². The van der Waals surface area contributed by atoms with Crippen LogP contribution in [0, 0.1) is 0 Å². The first-order valence-electron chi connectivity index (χ1n) is 5.95. The number of hydrogen-bond donors (Lipinski definition) is 1. The first-order chi connectivity index (χ1) is 9.52. The quantitative estimate of drug-likeness (QED) is 0.674. The standard InChI is InChI=1S/C15H10F3NS/c16-15(17,18)11-6-7-13-10(8-11)9-14(19-13)20-12-4-2-1-3-5-12/h1-9,19H. The predicted molar refractivity (Wildman–Crippen MR) is 73.9 cm³/mol. The lowest BCUT2D eigenvalue weighted by Gasteiger charge is -2.05. The van der Waals surface area contributed by atoms with E-state index >= 15 is 0 Å². The highest BCUT2D eigenvalue weighted by Crippen LogP contribution is 2.34. The smallest absolute Gasteiger partial charge is 0.349 e. The molecule has 0 unspecified atom stereocenters. The zero-order chi connectivity index (χ0) is 14.2. The van der Waals surface area contributed by atoms with Crippen LogP contribution in [0.5, 0.6) is 0 Å². The number of aromatic amines is 1. The summed E-state index contributed by atoms with van der Waals surface area (Å²) in [5.74, 6) is 0. The van der Waals surface area contributed by atoms with Crippen molar-refractivity contribution < 1.29 is 13.2 Å². The zero-order valence-electron chi connectivity index (χ0n) is 10.2. The van der Waals surface area contributed by atoms with Crippen LogP contribution in [0.3, 0.4) is 0 Å². The van der Waals surface area contributed by atoms with Crippen molar-refractivity contribution in [1.29, 1.82) is 0 Å². The maximum absolute atomic E-state index is 12.7. The van der Waals surface area contributed by atoms with Crippen LogP contribution >= 0.6 is 11.8 Å². The largest absolute Gasteiger partial charge is 0.416 e. The summed E-state index contributed by atoms with van der Waals surface area (Å²) < 4.78 is 38.0. The third-order valence-corrected chi connectivity index (χ3v) is 3.84. The van der Waals surface area contributed by atoms with Crippen molar-refractivity contribution >= 4 is 22.7 Å². The number of nitrogens with one attached hydrogen (secondary N) is 1. The minimum atomic E-state index is -4.31. The fraction of sp³-hybridized carbons (Fsp3) is 0.0667. The minimum Gasteiger partial charge on any atom is -0.349 e. The van der Waals surface area contributed by atoms with E-state index in [1.54, 1.807) is 6.07 Å². The van der Waals surface area contributed by atoms with E-state index < -0.39 is 11.7 Å². The number of hydrogen-bond acceptors (Lipinski definition) is 1. The average molecular weight is 293 g/mol. The second-order valence-electron chi connectivity index (χ2n) is 4.35. The molecule has 1 N–H and O–H groups in total. The number of fused-ring (bicyclic) bond motifs is 1. The van der Waals surface area contributed by atoms with Gasteiger partial charge >= 0.3 is 6.18 Å². The fourth-order valence-electron chi connectivity index (χ4n) is 1.95. The molecule has 0 aliphatic rings. The number of alkyl halides is 3. The van der Waals surface area contributed by atoms with E-state index in [0.717, 1.165) is 16.0 Å². The summed E-state index contributed by atoms with van der Waals surface area (Å²) in [4.78, 5) is 4.16. The number of aromatic nitrogens is 1. The molecular formula is C15H10F3NS. The van der Waals surface area contributed by atoms with Gasteiger partial charge in [0.1, 0.15) is 0 Å². The topological polar surface area (TPSA) is 15.8 Å². The van der Waals surface area contributed by atoms with Crippen LogP contribution in [0.4, 0.5) is 13.2 Å². The molecule has 0 spiro atoms. The summed E-state index contributed by atoms with van der Waals surface area (Å²) in [6, 6.07) is 15.1. The Morgan fingerprint density at radius 3 is 2.35 bits per heavy atom. The Kier molecular flexibility index (Phi) is 3.22. The molecule has 0 aliphatic carbocycles. The maximum atomic E-state index is 12.7. The molecule has 0 bridgehead atoms. The molecule has 20 heavy (non-hydrogen) atoms. The molecule has 3 rings (SSSR count). The van der Waals surface area contributed by atoms with Gasteiger partial charge in [-0.15, -0.1) is 0 Å². The van der Waals surface area contributed by atoms with Gasteiger partial charge in [-0.1, -0.05) is 30.0 Å². The van der Waals surface area contributed by atoms with Gasteiger partial charge in [-0.2, -0.15) is 13.2 Å². The second kappa shape index (κ2) is 4.90. The summed E-state index contributed by atoms with van der Waals surface area (Å²) in [5.41, 5.74) is 0.0803. The normalized spacial score (nSPS) is 11.9. The molecule has 0 saturated heterocycles. The van der Waals surface area contributed by atoms with Crippen molar-refractivity contribution in [3.63, 3.8) is 0 Å². The number of benzene rings is 2. The molecule has 1 aromatic heterocycles. The summed E-state index contributed by atoms with van der Waals surface area (Å²) in [7, 11) is 0. The van der Waals surface area contributed by atoms with E-state index in [-0.39, 0.29) is 0 Å². The Balaban J connectivity index is 1.95. The lowest BCUT2D eigenvalue weighted by Crippen LogP contribution is -2.03. The minimum absolute atomic E-state index is 0.568. The monoisotopic (exact) mass is 293 g/mol. The van der Waals surface area contributed by atoms with Crippen molar-refractivity contribution in [1.82, 2.24) is 4.98 Å². The third-order valence-electron chi connectivity index (χ3n) is 2.89. The molecule has 0 aliphatic heterocycles. The zero-order valence-corrected chi connectivity index (χ0v) is 11.1. The Labute approximate surface area is 117 Å². The third kappa shape index (κ3) is 2.67. The highest BCUT2D eigenvalue weighted by Gasteiger charge is 2.30. The Morgan fingerprint density at radius 2 is 1.65 bits per heavy atom. The van der Waals surface area contributed by atoms with E-state index in [1.165, 1.54) is 23.9 Å². The van der Waals surface area contributed by atoms with Crippen molar-refractivity contribution in [3.05, 3.63) is 60.2 Å². The highest BCUT2D eigenvalue weighted by molar-refractivity contribution is 7.99. The van der Waals surface area contributed by atoms with E-state index in [9.17, 15) is 13.2 Å². The number of H-pyrrole nitrogens is 1. The summed E-state index contributed by atoms with van der Waals surface area (Å²) in [6.07, 6.45) is -4.31. The van der Waals surface area contributed by atoms with Crippen LogP contribution < -0.4 is 0 Å². The van der Waals surface area contributed by atoms with Gasteiger partial charge in [0.05, 0.1) is 10.6 Å². The summed E-state index contributed by atoms with van der Waals surface area (Å²) in [5, 5.41) is 1.39. The van der Waals surface area contributed by atoms with E-state index in [0.29, 0.717) is 10.9 Å². The molecule has 1 heterocycles. The van der Waals surface area contributed by atoms with Crippen molar-refractivity contribution in [2.45, 2.75) is 16.1 Å². The highest BCUT2D eigenvalue weighted by atomic mass is 32.2. The Morgan fingerprint density at radius 1 is 0.900 bits per heavy atom. The van der Waals surface area contributed by atoms with Crippen LogP contribution in [0.2, 0.25) is 0 Å². The van der Waals surface area contributed by atoms with Crippen molar-refractivity contribution in [3.8, 4) is 0 Å². The molecule has 102 valence electrons. The average Bonchev–Trinajstić information content (AvgIpc) is 2.80. The molecule has 0 amide bonds. The van der Waals surface area contributed by atoms with Crippen molar-refractivity contribution in [2.75, 3.05) is 0 Å². The molecule has 0 atom stereocenters. The van der Waals surface area contributed by atoms with Crippen LogP contribution in [0.15, 0.2) is 64.5 Å². The first kappa shape index (κ1) is 13.1. The van der Waals surface area contributed by atoms with E-state index in [4.69, 9.17) is 0 Å². The predicted octanol–water partition coefficient (Wildman–Crippen LogP) is 5.34. The van der Waals surface area contributed by atoms with Gasteiger partial charge in [0.25, 0.3) is 0 Å². The maximum Gasteiger partial charge on any atom is 0.416 e. The Hall–Kier alpha value is -1.88. The molecule has 0 saturated carbocycles. The molecule has 5 heteroatoms. The van der Waals surface area contributed by atoms with Crippen LogP contribution in [-0.4, -0.2) is 4.98 Å². The van der Waals surface area contributed by atoms with Gasteiger partial charge in [0.15, 0.2) is 0 Å². The van der Waals surface area contributed by atoms with Crippen LogP contribution in [-0.2, 0) is 6.18 Å². The van der Waals surface area contributed by atoms with Gasteiger partial charge in [0, 0.05) is 15.8 Å². The van der Waals surface area contributed by atoms with Crippen molar-refractivity contribution in [2.24, 2.45) is 0 Å². The number of rotatable bonds is 2. The van der Waals surface area contributed by atoms with Gasteiger partial charge < -0.3 is 4.98 Å². The molecule has 0 fully saturated rings. The van der Waals surface area contributed by atoms with Gasteiger partial charge in [-0.05, 0) is 36.4 Å². The SMILES string of the molecule is FC(F)(F)c1ccc2[nH]c(Sc3ccccc3)cc2c1. The summed E-state index contributed by atoms with van der Waals surface area (Å²) >= 11 is 1.49. The van der Waals surface area contributed by atoms with Gasteiger partial charge in [-0.3, -0.25) is 0 Å². The molecular weight excluding hydrogens is 283 g/mol.